The number of aliphatic carboxylic acids is 1. The molecule has 3 rings (SSSR count). The van der Waals surface area contributed by atoms with Gasteiger partial charge in [-0.15, -0.1) is 6.58 Å². The van der Waals surface area contributed by atoms with Gasteiger partial charge in [-0.05, 0) is 50.9 Å². The Bertz CT molecular complexity index is 1430. The molecule has 49 heavy (non-hydrogen) atoms. The first-order valence-corrected chi connectivity index (χ1v) is 16.0. The number of ether oxygens (including phenoxy) is 1. The van der Waals surface area contributed by atoms with Crippen LogP contribution in [0.5, 0.6) is 11.5 Å². The zero-order valence-corrected chi connectivity index (χ0v) is 28.7. The summed E-state index contributed by atoms with van der Waals surface area (Å²) in [6.07, 6.45) is 3.65. The highest BCUT2D eigenvalue weighted by atomic mass is 16.6. The molecule has 0 bridgehead atoms. The molecule has 1 aliphatic heterocycles. The molecule has 0 saturated carbocycles. The molecule has 16 nitrogen and oxygen atoms in total. The third kappa shape index (κ3) is 10.3. The van der Waals surface area contributed by atoms with Crippen molar-refractivity contribution < 1.29 is 44.3 Å². The van der Waals surface area contributed by atoms with Crippen molar-refractivity contribution in [3.05, 3.63) is 47.7 Å². The fourth-order valence-electron chi connectivity index (χ4n) is 6.23. The molecular weight excluding hydrogens is 638 g/mol. The van der Waals surface area contributed by atoms with Crippen LogP contribution in [0.2, 0.25) is 0 Å². The van der Waals surface area contributed by atoms with E-state index in [1.807, 2.05) is 13.8 Å². The summed E-state index contributed by atoms with van der Waals surface area (Å²) in [5, 5.41) is 47.0. The van der Waals surface area contributed by atoms with Gasteiger partial charge in [0.25, 0.3) is 0 Å². The van der Waals surface area contributed by atoms with Gasteiger partial charge in [-0.2, -0.15) is 0 Å². The van der Waals surface area contributed by atoms with Gasteiger partial charge in [-0.25, -0.2) is 4.79 Å². The van der Waals surface area contributed by atoms with Crippen LogP contribution in [0.15, 0.2) is 41.6 Å². The molecule has 10 N–H and O–H groups in total. The van der Waals surface area contributed by atoms with Gasteiger partial charge in [0.1, 0.15) is 12.2 Å². The number of carbonyl (C=O) groups is 4. The lowest BCUT2D eigenvalue weighted by atomic mass is 9.54. The maximum absolute atomic E-state index is 12.9. The highest BCUT2D eigenvalue weighted by molar-refractivity contribution is 5.95. The van der Waals surface area contributed by atoms with E-state index >= 15 is 0 Å². The van der Waals surface area contributed by atoms with E-state index in [1.54, 1.807) is 25.1 Å². The standard InChI is InChI=1S/C29H40N4O9.C4H11N3/c1-5-12-33-13-10-28(25-18(2)6-7-21(34)26(25)39)16-20(8-9-29(28,41)19(33)3)42-27(40)32(4)14-11-30-23(36)17-31-22(35)15-24(37)38;1-2-3-7-4(5)6/h5-8,19,34,39,41H,1,9-17H2,2-4H3,(H,30,36)(H,31,35)(H,37,38);2-3H2,1H3,(H4,5,6,7)/t19?,28-,29?;/m1./s1. The van der Waals surface area contributed by atoms with Gasteiger partial charge in [0, 0.05) is 63.1 Å². The number of nitrogens with one attached hydrogen (secondary N) is 2. The Labute approximate surface area is 286 Å². The number of hydrogen-bond donors (Lipinski definition) is 8. The lowest BCUT2D eigenvalue weighted by Crippen LogP contribution is -2.68. The highest BCUT2D eigenvalue weighted by Crippen LogP contribution is 2.57. The summed E-state index contributed by atoms with van der Waals surface area (Å²) in [6, 6.07) is 2.74. The predicted octanol–water partition coefficient (Wildman–Crippen LogP) is 0.778. The topological polar surface area (TPSA) is 253 Å². The van der Waals surface area contributed by atoms with E-state index in [1.165, 1.54) is 18.0 Å². The van der Waals surface area contributed by atoms with E-state index in [0.717, 1.165) is 13.0 Å². The minimum Gasteiger partial charge on any atom is -0.504 e. The second kappa shape index (κ2) is 18.1. The molecule has 1 saturated heterocycles. The number of phenolic OH excluding ortho intramolecular Hbond substituents is 2. The van der Waals surface area contributed by atoms with Gasteiger partial charge in [-0.1, -0.05) is 19.1 Å². The number of carboxylic acids is 1. The molecule has 3 amide bonds. The van der Waals surface area contributed by atoms with Crippen LogP contribution in [-0.2, 0) is 24.5 Å². The minimum atomic E-state index is -1.36. The minimum absolute atomic E-state index is 0.0506. The number of aliphatic hydroxyl groups is 1. The summed E-state index contributed by atoms with van der Waals surface area (Å²) < 4.78 is 5.72. The van der Waals surface area contributed by atoms with E-state index in [4.69, 9.17) is 21.3 Å². The van der Waals surface area contributed by atoms with Gasteiger partial charge >= 0.3 is 12.1 Å². The van der Waals surface area contributed by atoms with Crippen molar-refractivity contribution in [3.63, 3.8) is 0 Å². The molecule has 16 heteroatoms. The van der Waals surface area contributed by atoms with Crippen LogP contribution < -0.4 is 22.1 Å². The molecule has 2 unspecified atom stereocenters. The molecule has 0 spiro atoms. The van der Waals surface area contributed by atoms with Gasteiger partial charge in [-0.3, -0.25) is 24.3 Å². The number of benzene rings is 1. The second-order valence-corrected chi connectivity index (χ2v) is 12.2. The summed E-state index contributed by atoms with van der Waals surface area (Å²) in [5.41, 5.74) is 8.68. The average Bonchev–Trinajstić information content (AvgIpc) is 3.03. The summed E-state index contributed by atoms with van der Waals surface area (Å²) in [6.45, 7) is 11.2. The summed E-state index contributed by atoms with van der Waals surface area (Å²) >= 11 is 0. The number of carbonyl (C=O) groups excluding carboxylic acids is 3. The summed E-state index contributed by atoms with van der Waals surface area (Å²) in [4.78, 5) is 53.8. The second-order valence-electron chi connectivity index (χ2n) is 12.2. The lowest BCUT2D eigenvalue weighted by Gasteiger charge is -2.59. The van der Waals surface area contributed by atoms with Crippen molar-refractivity contribution in [1.29, 1.82) is 0 Å². The molecule has 1 fully saturated rings. The molecule has 0 aromatic heterocycles. The number of amides is 3. The van der Waals surface area contributed by atoms with Gasteiger partial charge in [0.2, 0.25) is 11.8 Å². The fraction of sp³-hybridized carbons (Fsp3) is 0.545. The van der Waals surface area contributed by atoms with Crippen LogP contribution in [0.4, 0.5) is 4.79 Å². The number of aryl methyl sites for hydroxylation is 1. The Morgan fingerprint density at radius 2 is 1.90 bits per heavy atom. The quantitative estimate of drug-likeness (QED) is 0.0470. The van der Waals surface area contributed by atoms with Crippen LogP contribution in [0.25, 0.3) is 0 Å². The highest BCUT2D eigenvalue weighted by Gasteiger charge is 2.61. The molecule has 1 heterocycles. The maximum atomic E-state index is 12.9. The Morgan fingerprint density at radius 3 is 2.49 bits per heavy atom. The van der Waals surface area contributed by atoms with Crippen LogP contribution in [0.1, 0.15) is 57.1 Å². The number of nitrogens with zero attached hydrogens (tertiary/aromatic N) is 3. The number of allylic oxidation sites excluding steroid dienone is 1. The number of likely N-dealkylation sites (tertiary alicyclic amines) is 1. The monoisotopic (exact) mass is 689 g/mol. The van der Waals surface area contributed by atoms with Crippen LogP contribution in [0.3, 0.4) is 0 Å². The number of hydrogen-bond acceptors (Lipinski definition) is 10. The molecule has 0 radical (unpaired) electrons. The molecule has 1 aromatic rings. The molecule has 3 atom stereocenters. The zero-order chi connectivity index (χ0) is 36.9. The number of piperidine rings is 1. The first-order chi connectivity index (χ1) is 23.0. The summed E-state index contributed by atoms with van der Waals surface area (Å²) in [5.74, 6) is -2.76. The Kier molecular flexibility index (Phi) is 14.9. The first kappa shape index (κ1) is 40.3. The van der Waals surface area contributed by atoms with Crippen molar-refractivity contribution in [3.8, 4) is 11.5 Å². The number of fused-ring (bicyclic) bond motifs is 1. The molecule has 1 aromatic carbocycles. The third-order valence-corrected chi connectivity index (χ3v) is 8.79. The number of likely N-dealkylation sites (N-methyl/N-ethyl adjacent to an activating group) is 1. The average molecular weight is 690 g/mol. The molecule has 2 aliphatic rings. The fourth-order valence-corrected chi connectivity index (χ4v) is 6.23. The van der Waals surface area contributed by atoms with Crippen molar-refractivity contribution in [1.82, 2.24) is 20.4 Å². The van der Waals surface area contributed by atoms with Gasteiger partial charge in [0.15, 0.2) is 17.5 Å². The van der Waals surface area contributed by atoms with E-state index in [2.05, 4.69) is 27.1 Å². The smallest absolute Gasteiger partial charge is 0.414 e. The Morgan fingerprint density at radius 1 is 1.20 bits per heavy atom. The maximum Gasteiger partial charge on any atom is 0.414 e. The first-order valence-electron chi connectivity index (χ1n) is 16.0. The van der Waals surface area contributed by atoms with Crippen molar-refractivity contribution in [2.45, 2.75) is 69.9 Å². The number of carboxylic acid groups (broad SMARTS) is 1. The SMILES string of the molecule is C=CCN1CC[C@]2(c3c(C)ccc(O)c3O)CC(OC(=O)N(C)CCNC(=O)CNC(=O)CC(=O)O)=CCC2(O)C1C.CCCN=C(N)N. The van der Waals surface area contributed by atoms with Crippen LogP contribution in [0, 0.1) is 6.92 Å². The van der Waals surface area contributed by atoms with Crippen molar-refractivity contribution >= 4 is 29.8 Å². The Balaban J connectivity index is 0.00000107. The van der Waals surface area contributed by atoms with Gasteiger partial charge < -0.3 is 52.2 Å². The van der Waals surface area contributed by atoms with Crippen molar-refractivity contribution in [2.24, 2.45) is 16.5 Å². The normalized spacial score (nSPS) is 21.4. The van der Waals surface area contributed by atoms with Crippen LogP contribution in [-0.4, -0.2) is 118 Å². The number of aromatic hydroxyl groups is 2. The number of guanidine groups is 1. The molecule has 1 aliphatic carbocycles. The van der Waals surface area contributed by atoms with E-state index in [9.17, 15) is 34.5 Å². The third-order valence-electron chi connectivity index (χ3n) is 8.79. The van der Waals surface area contributed by atoms with E-state index < -0.39 is 47.9 Å². The largest absolute Gasteiger partial charge is 0.504 e. The zero-order valence-electron chi connectivity index (χ0n) is 28.7. The van der Waals surface area contributed by atoms with Crippen LogP contribution >= 0.6 is 0 Å². The molecule has 272 valence electrons. The number of rotatable bonds is 13. The Hall–Kier alpha value is -4.83. The lowest BCUT2D eigenvalue weighted by molar-refractivity contribution is -0.141. The van der Waals surface area contributed by atoms with E-state index in [0.29, 0.717) is 36.4 Å². The summed E-state index contributed by atoms with van der Waals surface area (Å²) in [7, 11) is 1.49. The molecular formula is C33H51N7O9. The van der Waals surface area contributed by atoms with Gasteiger partial charge in [0.05, 0.1) is 12.1 Å². The van der Waals surface area contributed by atoms with E-state index in [-0.39, 0.29) is 49.4 Å². The predicted molar refractivity (Wildman–Crippen MR) is 183 cm³/mol. The number of nitrogens with two attached hydrogens (primary N) is 2. The number of phenols is 2. The van der Waals surface area contributed by atoms with Crippen molar-refractivity contribution in [2.75, 3.05) is 46.3 Å². The number of aliphatic imine (C=N–C) groups is 1.